The van der Waals surface area contributed by atoms with Gasteiger partial charge in [0.25, 0.3) is 0 Å². The summed E-state index contributed by atoms with van der Waals surface area (Å²) in [5.41, 5.74) is 5.49. The third kappa shape index (κ3) is 4.76. The van der Waals surface area contributed by atoms with Gasteiger partial charge in [0.05, 0.1) is 5.56 Å². The summed E-state index contributed by atoms with van der Waals surface area (Å²) in [5.74, 6) is -3.29. The summed E-state index contributed by atoms with van der Waals surface area (Å²) < 4.78 is 5.04. The van der Waals surface area contributed by atoms with Crippen molar-refractivity contribution >= 4 is 35.6 Å². The fourth-order valence-electron chi connectivity index (χ4n) is 2.54. The maximum absolute atomic E-state index is 12.5. The molecule has 0 fully saturated rings. The number of cyclic esters (lactones) is 1. The molecule has 3 amide bonds. The first kappa shape index (κ1) is 21.2. The zero-order valence-corrected chi connectivity index (χ0v) is 15.5. The topological polar surface area (TPSA) is 188 Å². The molecule has 0 unspecified atom stereocenters. The van der Waals surface area contributed by atoms with Crippen LogP contribution in [-0.4, -0.2) is 63.6 Å². The second kappa shape index (κ2) is 8.69. The van der Waals surface area contributed by atoms with Crippen LogP contribution in [0.5, 0.6) is 11.5 Å². The molecule has 7 N–H and O–H groups in total. The molecule has 1 aliphatic rings. The minimum atomic E-state index is -1.54. The Kier molecular flexibility index (Phi) is 6.57. The van der Waals surface area contributed by atoms with Crippen molar-refractivity contribution < 1.29 is 39.2 Å². The van der Waals surface area contributed by atoms with E-state index in [0.717, 1.165) is 17.8 Å². The highest BCUT2D eigenvalue weighted by atomic mass is 32.2. The Morgan fingerprint density at radius 2 is 2.00 bits per heavy atom. The van der Waals surface area contributed by atoms with Crippen molar-refractivity contribution in [2.24, 2.45) is 5.73 Å². The molecule has 0 bridgehead atoms. The van der Waals surface area contributed by atoms with Crippen LogP contribution in [0.1, 0.15) is 21.5 Å². The van der Waals surface area contributed by atoms with Gasteiger partial charge in [0.2, 0.25) is 11.8 Å². The van der Waals surface area contributed by atoms with Crippen molar-refractivity contribution in [3.8, 4) is 11.5 Å². The Morgan fingerprint density at radius 1 is 1.32 bits per heavy atom. The Bertz CT molecular complexity index is 829. The molecule has 0 aromatic heterocycles. The number of esters is 1. The van der Waals surface area contributed by atoms with E-state index >= 15 is 0 Å². The average molecular weight is 413 g/mol. The molecule has 1 heterocycles. The molecule has 11 nitrogen and oxygen atoms in total. The molecule has 152 valence electrons. The van der Waals surface area contributed by atoms with Crippen molar-refractivity contribution in [2.45, 2.75) is 24.8 Å². The van der Waals surface area contributed by atoms with E-state index in [-0.39, 0.29) is 39.7 Å². The number of carboxylic acid groups (broad SMARTS) is 1. The third-order valence-electron chi connectivity index (χ3n) is 4.03. The SMILES string of the molecule is Cc1c(O)cc(O)c2c1C(=O)OC[C@H](NC(=O)O)C(=O)N[C@H](C(N)=O)CSC2. The third-order valence-corrected chi connectivity index (χ3v) is 5.10. The van der Waals surface area contributed by atoms with Crippen LogP contribution in [-0.2, 0) is 20.1 Å². The normalized spacial score (nSPS) is 20.6. The standard InChI is InChI=1S/C16H19N3O8S/c1-6-10(20)2-11(21)7-4-28-5-9(13(17)22)18-14(23)8(19-16(25)26)3-27-15(24)12(6)7/h2,8-9,19-21H,3-5H2,1H3,(H2,17,22)(H,18,23)(H,25,26)/t8-,9-/m0/s1. The van der Waals surface area contributed by atoms with Gasteiger partial charge in [-0.25, -0.2) is 9.59 Å². The molecule has 0 saturated carbocycles. The van der Waals surface area contributed by atoms with Crippen LogP contribution in [0, 0.1) is 6.92 Å². The van der Waals surface area contributed by atoms with Gasteiger partial charge in [-0.2, -0.15) is 11.8 Å². The van der Waals surface area contributed by atoms with Gasteiger partial charge in [0.1, 0.15) is 30.2 Å². The molecule has 28 heavy (non-hydrogen) atoms. The van der Waals surface area contributed by atoms with Gasteiger partial charge in [-0.1, -0.05) is 0 Å². The molecule has 1 aliphatic heterocycles. The van der Waals surface area contributed by atoms with Gasteiger partial charge in [0, 0.05) is 28.7 Å². The van der Waals surface area contributed by atoms with Crippen molar-refractivity contribution in [3.05, 3.63) is 22.8 Å². The second-order valence-electron chi connectivity index (χ2n) is 5.97. The van der Waals surface area contributed by atoms with Crippen LogP contribution in [0.25, 0.3) is 0 Å². The number of fused-ring (bicyclic) bond motifs is 1. The number of benzene rings is 1. The highest BCUT2D eigenvalue weighted by Gasteiger charge is 2.30. The molecule has 0 spiro atoms. The first-order chi connectivity index (χ1) is 13.1. The molecule has 1 aromatic rings. The molecular weight excluding hydrogens is 394 g/mol. The summed E-state index contributed by atoms with van der Waals surface area (Å²) in [4.78, 5) is 47.3. The fourth-order valence-corrected chi connectivity index (χ4v) is 3.64. The molecule has 0 radical (unpaired) electrons. The van der Waals surface area contributed by atoms with Gasteiger partial charge < -0.3 is 36.4 Å². The lowest BCUT2D eigenvalue weighted by Crippen LogP contribution is -2.55. The van der Waals surface area contributed by atoms with Crippen LogP contribution in [0.15, 0.2) is 6.07 Å². The molecule has 2 rings (SSSR count). The number of rotatable bonds is 2. The lowest BCUT2D eigenvalue weighted by atomic mass is 10.0. The Labute approximate surface area is 163 Å². The Balaban J connectivity index is 2.46. The fraction of sp³-hybridized carbons (Fsp3) is 0.375. The van der Waals surface area contributed by atoms with Gasteiger partial charge in [-0.15, -0.1) is 0 Å². The van der Waals surface area contributed by atoms with E-state index in [4.69, 9.17) is 15.6 Å². The number of ether oxygens (including phenoxy) is 1. The van der Waals surface area contributed by atoms with E-state index in [1.807, 2.05) is 5.32 Å². The summed E-state index contributed by atoms with van der Waals surface area (Å²) in [6.45, 7) is 0.766. The molecule has 12 heteroatoms. The quantitative estimate of drug-likeness (QED) is 0.344. The average Bonchev–Trinajstić information content (AvgIpc) is 2.60. The van der Waals surface area contributed by atoms with E-state index in [1.54, 1.807) is 0 Å². The van der Waals surface area contributed by atoms with Gasteiger partial charge in [-0.05, 0) is 6.92 Å². The van der Waals surface area contributed by atoms with Crippen LogP contribution < -0.4 is 16.4 Å². The zero-order chi connectivity index (χ0) is 21.0. The van der Waals surface area contributed by atoms with Crippen molar-refractivity contribution in [1.82, 2.24) is 10.6 Å². The number of amides is 3. The van der Waals surface area contributed by atoms with Gasteiger partial charge in [-0.3, -0.25) is 9.59 Å². The van der Waals surface area contributed by atoms with Gasteiger partial charge in [0.15, 0.2) is 0 Å². The number of carbonyl (C=O) groups is 4. The monoisotopic (exact) mass is 413 g/mol. The lowest BCUT2D eigenvalue weighted by Gasteiger charge is -2.23. The van der Waals surface area contributed by atoms with E-state index in [2.05, 4.69) is 5.32 Å². The number of aromatic hydroxyl groups is 2. The predicted molar refractivity (Wildman–Crippen MR) is 97.0 cm³/mol. The van der Waals surface area contributed by atoms with Crippen molar-refractivity contribution in [3.63, 3.8) is 0 Å². The van der Waals surface area contributed by atoms with Crippen LogP contribution in [0.2, 0.25) is 0 Å². The highest BCUT2D eigenvalue weighted by molar-refractivity contribution is 7.98. The lowest BCUT2D eigenvalue weighted by molar-refractivity contribution is -0.128. The summed E-state index contributed by atoms with van der Waals surface area (Å²) in [6, 6.07) is -1.53. The van der Waals surface area contributed by atoms with E-state index in [0.29, 0.717) is 0 Å². The minimum absolute atomic E-state index is 0.00865. The smallest absolute Gasteiger partial charge is 0.405 e. The maximum atomic E-state index is 12.5. The summed E-state index contributed by atoms with van der Waals surface area (Å²) >= 11 is 1.09. The number of phenolic OH excluding ortho intramolecular Hbond substituents is 2. The van der Waals surface area contributed by atoms with Gasteiger partial charge >= 0.3 is 12.1 Å². The number of nitrogens with one attached hydrogen (secondary N) is 2. The molecular formula is C16H19N3O8S. The van der Waals surface area contributed by atoms with Crippen LogP contribution >= 0.6 is 11.8 Å². The number of phenols is 2. The zero-order valence-electron chi connectivity index (χ0n) is 14.7. The minimum Gasteiger partial charge on any atom is -0.508 e. The first-order valence-electron chi connectivity index (χ1n) is 8.00. The summed E-state index contributed by atoms with van der Waals surface area (Å²) in [7, 11) is 0. The number of primary amides is 1. The summed E-state index contributed by atoms with van der Waals surface area (Å²) in [5, 5.41) is 33.1. The maximum Gasteiger partial charge on any atom is 0.405 e. The van der Waals surface area contributed by atoms with E-state index in [9.17, 15) is 29.4 Å². The molecule has 0 aliphatic carbocycles. The Morgan fingerprint density at radius 3 is 2.61 bits per heavy atom. The predicted octanol–water partition coefficient (Wildman–Crippen LogP) is -0.584. The first-order valence-corrected chi connectivity index (χ1v) is 9.15. The number of hydrogen-bond acceptors (Lipinski definition) is 8. The molecule has 2 atom stereocenters. The van der Waals surface area contributed by atoms with Crippen LogP contribution in [0.4, 0.5) is 4.79 Å². The number of thioether (sulfide) groups is 1. The van der Waals surface area contributed by atoms with E-state index in [1.165, 1.54) is 6.92 Å². The number of carbonyl (C=O) groups excluding carboxylic acids is 3. The largest absolute Gasteiger partial charge is 0.508 e. The van der Waals surface area contributed by atoms with E-state index < -0.39 is 42.6 Å². The second-order valence-corrected chi connectivity index (χ2v) is 7.00. The van der Waals surface area contributed by atoms with Crippen molar-refractivity contribution in [2.75, 3.05) is 12.4 Å². The molecule has 0 saturated heterocycles. The Hall–Kier alpha value is -3.15. The molecule has 1 aromatic carbocycles. The summed E-state index contributed by atoms with van der Waals surface area (Å²) in [6.07, 6.45) is -1.54. The number of nitrogens with two attached hydrogens (primary N) is 1. The number of hydrogen-bond donors (Lipinski definition) is 6. The highest BCUT2D eigenvalue weighted by Crippen LogP contribution is 2.35. The van der Waals surface area contributed by atoms with Crippen molar-refractivity contribution in [1.29, 1.82) is 0 Å². The van der Waals surface area contributed by atoms with Crippen LogP contribution in [0.3, 0.4) is 0 Å².